The largest absolute Gasteiger partial charge is 0.455 e. The summed E-state index contributed by atoms with van der Waals surface area (Å²) in [5, 5.41) is 9.63. The molecule has 0 radical (unpaired) electrons. The minimum Gasteiger partial charge on any atom is -0.455 e. The van der Waals surface area contributed by atoms with Crippen LogP contribution < -0.4 is 4.90 Å². The Morgan fingerprint density at radius 2 is 0.790 bits per heavy atom. The highest BCUT2D eigenvalue weighted by atomic mass is 16.3. The van der Waals surface area contributed by atoms with E-state index < -0.39 is 0 Å². The molecule has 0 aliphatic rings. The Balaban J connectivity index is 0.960. The third-order valence-electron chi connectivity index (χ3n) is 12.5. The van der Waals surface area contributed by atoms with Gasteiger partial charge in [-0.15, -0.1) is 0 Å². The van der Waals surface area contributed by atoms with Crippen LogP contribution in [0, 0.1) is 0 Å². The molecule has 2 heteroatoms. The lowest BCUT2D eigenvalue weighted by atomic mass is 9.94. The highest BCUT2D eigenvalue weighted by Crippen LogP contribution is 2.44. The minimum absolute atomic E-state index is 0.891. The number of hydrogen-bond acceptors (Lipinski definition) is 2. The summed E-state index contributed by atoms with van der Waals surface area (Å²) >= 11 is 0. The standard InChI is InChI=1S/C60H39NO/c1-3-13-42(14-4-1)50-22-11-18-44-25-26-45(37-56(44)50)40-27-32-48(33-28-40)61(58-39-47-17-7-8-19-51(47)53-20-9-10-21-54(53)58)49-34-29-41(30-35-49)46-31-36-59-57(38-46)55-24-12-23-52(60(55)62-59)43-15-5-2-6-16-43/h1-39H. The fourth-order valence-corrected chi connectivity index (χ4v) is 9.40. The molecule has 290 valence electrons. The second-order valence-corrected chi connectivity index (χ2v) is 16.1. The molecule has 2 nitrogen and oxygen atoms in total. The van der Waals surface area contributed by atoms with Gasteiger partial charge in [0.2, 0.25) is 0 Å². The minimum atomic E-state index is 0.891. The van der Waals surface area contributed by atoms with Gasteiger partial charge < -0.3 is 9.32 Å². The van der Waals surface area contributed by atoms with Gasteiger partial charge in [-0.1, -0.05) is 188 Å². The molecule has 0 saturated carbocycles. The summed E-state index contributed by atoms with van der Waals surface area (Å²) in [4.78, 5) is 2.41. The predicted molar refractivity (Wildman–Crippen MR) is 263 cm³/mol. The lowest BCUT2D eigenvalue weighted by Gasteiger charge is -2.28. The van der Waals surface area contributed by atoms with E-state index in [0.29, 0.717) is 0 Å². The van der Waals surface area contributed by atoms with Gasteiger partial charge in [0.05, 0.1) is 5.69 Å². The average Bonchev–Trinajstić information content (AvgIpc) is 3.73. The highest BCUT2D eigenvalue weighted by Gasteiger charge is 2.19. The molecule has 0 unspecified atom stereocenters. The molecule has 0 bridgehead atoms. The van der Waals surface area contributed by atoms with Gasteiger partial charge in [0.25, 0.3) is 0 Å². The Labute approximate surface area is 360 Å². The van der Waals surface area contributed by atoms with E-state index >= 15 is 0 Å². The van der Waals surface area contributed by atoms with Crippen molar-refractivity contribution in [1.82, 2.24) is 0 Å². The van der Waals surface area contributed by atoms with Crippen molar-refractivity contribution in [3.63, 3.8) is 0 Å². The highest BCUT2D eigenvalue weighted by molar-refractivity contribution is 6.15. The van der Waals surface area contributed by atoms with Crippen molar-refractivity contribution in [3.05, 3.63) is 237 Å². The summed E-state index contributed by atoms with van der Waals surface area (Å²) in [6.07, 6.45) is 0. The van der Waals surface area contributed by atoms with E-state index in [-0.39, 0.29) is 0 Å². The maximum absolute atomic E-state index is 6.52. The number of benzene rings is 11. The summed E-state index contributed by atoms with van der Waals surface area (Å²) < 4.78 is 6.52. The zero-order valence-electron chi connectivity index (χ0n) is 33.9. The Hall–Kier alpha value is -8.20. The van der Waals surface area contributed by atoms with E-state index in [9.17, 15) is 0 Å². The summed E-state index contributed by atoms with van der Waals surface area (Å²) in [7, 11) is 0. The van der Waals surface area contributed by atoms with Gasteiger partial charge in [0, 0.05) is 33.1 Å². The van der Waals surface area contributed by atoms with Crippen LogP contribution in [-0.4, -0.2) is 0 Å². The molecule has 12 rings (SSSR count). The van der Waals surface area contributed by atoms with Crippen LogP contribution in [0.4, 0.5) is 17.1 Å². The van der Waals surface area contributed by atoms with E-state index in [1.165, 1.54) is 54.6 Å². The Kier molecular flexibility index (Phi) is 8.53. The number of nitrogens with zero attached hydrogens (tertiary/aromatic N) is 1. The number of hydrogen-bond donors (Lipinski definition) is 0. The molecule has 1 aromatic heterocycles. The van der Waals surface area contributed by atoms with Crippen LogP contribution in [0.25, 0.3) is 98.8 Å². The van der Waals surface area contributed by atoms with Crippen LogP contribution >= 0.6 is 0 Å². The summed E-state index contributed by atoms with van der Waals surface area (Å²) in [5.74, 6) is 0. The van der Waals surface area contributed by atoms with E-state index in [1.807, 2.05) is 6.07 Å². The van der Waals surface area contributed by atoms with E-state index in [4.69, 9.17) is 4.42 Å². The molecule has 0 amide bonds. The molecular weight excluding hydrogens is 751 g/mol. The van der Waals surface area contributed by atoms with Gasteiger partial charge in [-0.25, -0.2) is 0 Å². The third-order valence-corrected chi connectivity index (χ3v) is 12.5. The van der Waals surface area contributed by atoms with Crippen molar-refractivity contribution in [3.8, 4) is 44.5 Å². The topological polar surface area (TPSA) is 16.4 Å². The lowest BCUT2D eigenvalue weighted by molar-refractivity contribution is 0.670. The molecule has 0 spiro atoms. The number of furan rings is 1. The number of para-hydroxylation sites is 1. The van der Waals surface area contributed by atoms with E-state index in [2.05, 4.69) is 235 Å². The quantitative estimate of drug-likeness (QED) is 0.150. The fourth-order valence-electron chi connectivity index (χ4n) is 9.40. The number of rotatable bonds is 7. The van der Waals surface area contributed by atoms with Crippen molar-refractivity contribution < 1.29 is 4.42 Å². The lowest BCUT2D eigenvalue weighted by Crippen LogP contribution is -2.10. The molecule has 11 aromatic carbocycles. The van der Waals surface area contributed by atoms with Crippen LogP contribution in [0.2, 0.25) is 0 Å². The third kappa shape index (κ3) is 6.12. The van der Waals surface area contributed by atoms with Crippen LogP contribution in [0.1, 0.15) is 0 Å². The second-order valence-electron chi connectivity index (χ2n) is 16.1. The van der Waals surface area contributed by atoms with Gasteiger partial charge in [-0.3, -0.25) is 0 Å². The number of anilines is 3. The first-order valence-electron chi connectivity index (χ1n) is 21.2. The first-order valence-corrected chi connectivity index (χ1v) is 21.2. The fraction of sp³-hybridized carbons (Fsp3) is 0. The Morgan fingerprint density at radius 3 is 1.50 bits per heavy atom. The van der Waals surface area contributed by atoms with E-state index in [0.717, 1.165) is 61.3 Å². The first kappa shape index (κ1) is 35.7. The van der Waals surface area contributed by atoms with E-state index in [1.54, 1.807) is 0 Å². The van der Waals surface area contributed by atoms with Crippen LogP contribution in [0.5, 0.6) is 0 Å². The maximum Gasteiger partial charge on any atom is 0.143 e. The average molecular weight is 790 g/mol. The van der Waals surface area contributed by atoms with Crippen molar-refractivity contribution >= 4 is 71.3 Å². The molecule has 0 fully saturated rings. The molecular formula is C60H39NO. The zero-order chi connectivity index (χ0) is 41.0. The van der Waals surface area contributed by atoms with Crippen LogP contribution in [-0.2, 0) is 0 Å². The van der Waals surface area contributed by atoms with Gasteiger partial charge in [-0.2, -0.15) is 0 Å². The van der Waals surface area contributed by atoms with Crippen LogP contribution in [0.3, 0.4) is 0 Å². The second kappa shape index (κ2) is 14.8. The van der Waals surface area contributed by atoms with Gasteiger partial charge >= 0.3 is 0 Å². The Bertz CT molecular complexity index is 3610. The maximum atomic E-state index is 6.52. The molecule has 0 aliphatic carbocycles. The molecule has 0 N–H and O–H groups in total. The molecule has 62 heavy (non-hydrogen) atoms. The van der Waals surface area contributed by atoms with Gasteiger partial charge in [0.1, 0.15) is 11.2 Å². The van der Waals surface area contributed by atoms with Gasteiger partial charge in [-0.05, 0) is 114 Å². The monoisotopic (exact) mass is 789 g/mol. The molecule has 0 atom stereocenters. The van der Waals surface area contributed by atoms with Crippen molar-refractivity contribution in [2.24, 2.45) is 0 Å². The van der Waals surface area contributed by atoms with Crippen molar-refractivity contribution in [2.75, 3.05) is 4.90 Å². The molecule has 0 aliphatic heterocycles. The summed E-state index contributed by atoms with van der Waals surface area (Å²) in [5.41, 5.74) is 14.5. The van der Waals surface area contributed by atoms with Crippen molar-refractivity contribution in [2.45, 2.75) is 0 Å². The predicted octanol–water partition coefficient (Wildman–Crippen LogP) is 17.2. The van der Waals surface area contributed by atoms with Crippen molar-refractivity contribution in [1.29, 1.82) is 0 Å². The first-order chi connectivity index (χ1) is 30.7. The zero-order valence-corrected chi connectivity index (χ0v) is 33.9. The summed E-state index contributed by atoms with van der Waals surface area (Å²) in [6.45, 7) is 0. The normalized spacial score (nSPS) is 11.5. The molecule has 12 aromatic rings. The SMILES string of the molecule is c1ccc(-c2cccc3ccc(-c4ccc(N(c5ccc(-c6ccc7oc8c(-c9ccccc9)cccc8c7c6)cc5)c5cc6ccccc6c6ccccc56)cc4)cc23)cc1. The molecule has 1 heterocycles. The molecule has 0 saturated heterocycles. The van der Waals surface area contributed by atoms with Crippen LogP contribution in [0.15, 0.2) is 241 Å². The Morgan fingerprint density at radius 1 is 0.274 bits per heavy atom. The number of fused-ring (bicyclic) bond motifs is 7. The smallest absolute Gasteiger partial charge is 0.143 e. The summed E-state index contributed by atoms with van der Waals surface area (Å²) in [6, 6.07) is 85.4. The van der Waals surface area contributed by atoms with Gasteiger partial charge in [0.15, 0.2) is 0 Å².